The molecule has 1 fully saturated rings. The van der Waals surface area contributed by atoms with Gasteiger partial charge < -0.3 is 10.2 Å². The maximum Gasteiger partial charge on any atom is 0.253 e. The summed E-state index contributed by atoms with van der Waals surface area (Å²) in [6.07, 6.45) is 3.67. The van der Waals surface area contributed by atoms with Gasteiger partial charge in [0.2, 0.25) is 0 Å². The fourth-order valence-electron chi connectivity index (χ4n) is 2.44. The zero-order valence-corrected chi connectivity index (χ0v) is 13.2. The van der Waals surface area contributed by atoms with E-state index in [1.807, 2.05) is 37.1 Å². The van der Waals surface area contributed by atoms with E-state index >= 15 is 0 Å². The number of amides is 1. The maximum atomic E-state index is 12.4. The quantitative estimate of drug-likeness (QED) is 0.927. The molecule has 1 heterocycles. The fourth-order valence-corrected chi connectivity index (χ4v) is 2.82. The molecule has 19 heavy (non-hydrogen) atoms. The van der Waals surface area contributed by atoms with Crippen LogP contribution in [0.4, 0.5) is 0 Å². The Balaban J connectivity index is 1.99. The number of piperidine rings is 1. The third-order valence-corrected chi connectivity index (χ3v) is 4.53. The van der Waals surface area contributed by atoms with E-state index in [-0.39, 0.29) is 5.91 Å². The maximum absolute atomic E-state index is 12.4. The largest absolute Gasteiger partial charge is 0.340 e. The Morgan fingerprint density at radius 1 is 1.47 bits per heavy atom. The van der Waals surface area contributed by atoms with Crippen molar-refractivity contribution in [2.75, 3.05) is 20.1 Å². The van der Waals surface area contributed by atoms with Gasteiger partial charge in [0.25, 0.3) is 5.91 Å². The lowest BCUT2D eigenvalue weighted by Crippen LogP contribution is -2.44. The molecule has 1 atom stereocenters. The van der Waals surface area contributed by atoms with E-state index in [0.29, 0.717) is 6.04 Å². The Hall–Kier alpha value is -0.870. The molecular weight excluding hydrogens is 304 g/mol. The fraction of sp³-hybridized carbons (Fsp3) is 0.533. The van der Waals surface area contributed by atoms with E-state index in [4.69, 9.17) is 0 Å². The van der Waals surface area contributed by atoms with Gasteiger partial charge in [0.15, 0.2) is 0 Å². The van der Waals surface area contributed by atoms with E-state index in [1.54, 1.807) is 0 Å². The van der Waals surface area contributed by atoms with Crippen molar-refractivity contribution in [3.8, 4) is 0 Å². The topological polar surface area (TPSA) is 32.3 Å². The minimum atomic E-state index is 0.0908. The molecule has 3 nitrogen and oxygen atoms in total. The van der Waals surface area contributed by atoms with Crippen molar-refractivity contribution in [2.45, 2.75) is 32.2 Å². The number of carbonyl (C=O) groups is 1. The summed E-state index contributed by atoms with van der Waals surface area (Å²) in [7, 11) is 1.88. The van der Waals surface area contributed by atoms with Gasteiger partial charge in [-0.15, -0.1) is 0 Å². The van der Waals surface area contributed by atoms with Crippen LogP contribution in [0.2, 0.25) is 0 Å². The molecule has 0 spiro atoms. The van der Waals surface area contributed by atoms with Gasteiger partial charge in [-0.25, -0.2) is 0 Å². The van der Waals surface area contributed by atoms with E-state index in [2.05, 4.69) is 21.2 Å². The first-order valence-electron chi connectivity index (χ1n) is 6.83. The van der Waals surface area contributed by atoms with Gasteiger partial charge in [-0.05, 0) is 44.0 Å². The molecule has 4 heteroatoms. The highest BCUT2D eigenvalue weighted by Gasteiger charge is 2.18. The molecule has 0 bridgehead atoms. The van der Waals surface area contributed by atoms with Crippen LogP contribution < -0.4 is 5.32 Å². The van der Waals surface area contributed by atoms with Gasteiger partial charge in [-0.1, -0.05) is 28.4 Å². The number of hydrogen-bond acceptors (Lipinski definition) is 2. The minimum Gasteiger partial charge on any atom is -0.340 e. The second-order valence-corrected chi connectivity index (χ2v) is 6.15. The molecule has 0 aromatic heterocycles. The number of carbonyl (C=O) groups excluding carboxylic acids is 1. The monoisotopic (exact) mass is 324 g/mol. The third-order valence-electron chi connectivity index (χ3n) is 3.67. The number of halogens is 1. The Bertz CT molecular complexity index is 455. The Morgan fingerprint density at radius 3 is 2.89 bits per heavy atom. The van der Waals surface area contributed by atoms with Crippen LogP contribution in [0.5, 0.6) is 0 Å². The van der Waals surface area contributed by atoms with Gasteiger partial charge in [-0.3, -0.25) is 4.79 Å². The summed E-state index contributed by atoms with van der Waals surface area (Å²) in [4.78, 5) is 14.2. The number of hydrogen-bond donors (Lipinski definition) is 1. The van der Waals surface area contributed by atoms with Crippen molar-refractivity contribution in [3.63, 3.8) is 0 Å². The molecule has 0 aliphatic carbocycles. The number of aryl methyl sites for hydroxylation is 1. The van der Waals surface area contributed by atoms with Crippen molar-refractivity contribution in [1.29, 1.82) is 0 Å². The second kappa shape index (κ2) is 6.53. The number of nitrogens with zero attached hydrogens (tertiary/aromatic N) is 1. The molecule has 2 rings (SSSR count). The lowest BCUT2D eigenvalue weighted by molar-refractivity contribution is 0.0775. The normalized spacial score (nSPS) is 19.2. The molecule has 1 unspecified atom stereocenters. The van der Waals surface area contributed by atoms with Crippen LogP contribution in [0.3, 0.4) is 0 Å². The smallest absolute Gasteiger partial charge is 0.253 e. The van der Waals surface area contributed by atoms with Gasteiger partial charge >= 0.3 is 0 Å². The van der Waals surface area contributed by atoms with E-state index in [1.165, 1.54) is 12.8 Å². The lowest BCUT2D eigenvalue weighted by Gasteiger charge is -2.28. The summed E-state index contributed by atoms with van der Waals surface area (Å²) < 4.78 is 0.988. The zero-order valence-electron chi connectivity index (χ0n) is 11.6. The number of likely N-dealkylation sites (N-methyl/N-ethyl adjacent to an activating group) is 1. The number of nitrogens with one attached hydrogen (secondary N) is 1. The molecule has 1 aliphatic heterocycles. The highest BCUT2D eigenvalue weighted by atomic mass is 79.9. The molecule has 0 saturated carbocycles. The van der Waals surface area contributed by atoms with Gasteiger partial charge in [-0.2, -0.15) is 0 Å². The van der Waals surface area contributed by atoms with Crippen LogP contribution >= 0.6 is 15.9 Å². The SMILES string of the molecule is Cc1ccc(C(=O)N(C)CC2CCCCN2)cc1Br. The van der Waals surface area contributed by atoms with Crippen LogP contribution in [0.15, 0.2) is 22.7 Å². The molecule has 1 amide bonds. The predicted molar refractivity (Wildman–Crippen MR) is 81.5 cm³/mol. The first-order valence-corrected chi connectivity index (χ1v) is 7.62. The van der Waals surface area contributed by atoms with Crippen LogP contribution in [-0.2, 0) is 0 Å². The third kappa shape index (κ3) is 3.80. The summed E-state index contributed by atoms with van der Waals surface area (Å²) in [6, 6.07) is 6.22. The molecule has 1 saturated heterocycles. The predicted octanol–water partition coefficient (Wildman–Crippen LogP) is 2.97. The van der Waals surface area contributed by atoms with Crippen molar-refractivity contribution < 1.29 is 4.79 Å². The van der Waals surface area contributed by atoms with Gasteiger partial charge in [0, 0.05) is 29.7 Å². The van der Waals surface area contributed by atoms with E-state index < -0.39 is 0 Å². The summed E-state index contributed by atoms with van der Waals surface area (Å²) in [6.45, 7) is 3.88. The Labute approximate surface area is 123 Å². The zero-order chi connectivity index (χ0) is 13.8. The summed E-state index contributed by atoms with van der Waals surface area (Å²) in [5.41, 5.74) is 1.89. The Morgan fingerprint density at radius 2 is 2.26 bits per heavy atom. The highest BCUT2D eigenvalue weighted by Crippen LogP contribution is 2.18. The molecule has 104 valence electrons. The van der Waals surface area contributed by atoms with E-state index in [9.17, 15) is 4.79 Å². The van der Waals surface area contributed by atoms with E-state index in [0.717, 1.165) is 35.1 Å². The van der Waals surface area contributed by atoms with Gasteiger partial charge in [0.05, 0.1) is 0 Å². The molecule has 1 aliphatic rings. The van der Waals surface area contributed by atoms with Gasteiger partial charge in [0.1, 0.15) is 0 Å². The van der Waals surface area contributed by atoms with Crippen molar-refractivity contribution in [1.82, 2.24) is 10.2 Å². The van der Waals surface area contributed by atoms with Crippen molar-refractivity contribution >= 4 is 21.8 Å². The van der Waals surface area contributed by atoms with Crippen molar-refractivity contribution in [2.24, 2.45) is 0 Å². The molecule has 1 aromatic carbocycles. The van der Waals surface area contributed by atoms with Crippen LogP contribution in [0, 0.1) is 6.92 Å². The van der Waals surface area contributed by atoms with Crippen LogP contribution in [0.25, 0.3) is 0 Å². The average Bonchev–Trinajstić information content (AvgIpc) is 2.42. The van der Waals surface area contributed by atoms with Crippen LogP contribution in [0.1, 0.15) is 35.2 Å². The molecule has 1 aromatic rings. The first-order chi connectivity index (χ1) is 9.08. The summed E-state index contributed by atoms with van der Waals surface area (Å²) in [5, 5.41) is 3.47. The second-order valence-electron chi connectivity index (χ2n) is 5.30. The standard InChI is InChI=1S/C15H21BrN2O/c1-11-6-7-12(9-14(11)16)15(19)18(2)10-13-5-3-4-8-17-13/h6-7,9,13,17H,3-5,8,10H2,1-2H3. The minimum absolute atomic E-state index is 0.0908. The number of benzene rings is 1. The lowest BCUT2D eigenvalue weighted by atomic mass is 10.0. The average molecular weight is 325 g/mol. The summed E-state index contributed by atoms with van der Waals surface area (Å²) in [5.74, 6) is 0.0908. The number of rotatable bonds is 3. The molecule has 1 N–H and O–H groups in total. The van der Waals surface area contributed by atoms with Crippen LogP contribution in [-0.4, -0.2) is 37.0 Å². The Kier molecular flexibility index (Phi) is 4.99. The first kappa shape index (κ1) is 14.5. The molecule has 0 radical (unpaired) electrons. The molecular formula is C15H21BrN2O. The summed E-state index contributed by atoms with van der Waals surface area (Å²) >= 11 is 3.48. The highest BCUT2D eigenvalue weighted by molar-refractivity contribution is 9.10. The van der Waals surface area contributed by atoms with Crippen molar-refractivity contribution in [3.05, 3.63) is 33.8 Å².